The van der Waals surface area contributed by atoms with Gasteiger partial charge in [0.15, 0.2) is 6.10 Å². The summed E-state index contributed by atoms with van der Waals surface area (Å²) < 4.78 is 11.3. The molecule has 0 heterocycles. The van der Waals surface area contributed by atoms with Gasteiger partial charge in [0.2, 0.25) is 0 Å². The SMILES string of the molecule is CCOC(=O)C(O)c1ccc(Br)c(OCC2CC2)c1. The molecule has 5 heteroatoms. The highest BCUT2D eigenvalue weighted by molar-refractivity contribution is 9.10. The molecule has 4 nitrogen and oxygen atoms in total. The minimum absolute atomic E-state index is 0.247. The Labute approximate surface area is 120 Å². The Hall–Kier alpha value is -1.07. The second kappa shape index (κ2) is 6.39. The maximum atomic E-state index is 11.5. The molecule has 0 aromatic heterocycles. The molecule has 1 fully saturated rings. The first-order valence-electron chi connectivity index (χ1n) is 6.38. The number of rotatable bonds is 6. The maximum absolute atomic E-state index is 11.5. The number of benzene rings is 1. The monoisotopic (exact) mass is 328 g/mol. The van der Waals surface area contributed by atoms with E-state index in [9.17, 15) is 9.90 Å². The van der Waals surface area contributed by atoms with Crippen molar-refractivity contribution < 1.29 is 19.4 Å². The minimum atomic E-state index is -1.27. The molecule has 1 N–H and O–H groups in total. The van der Waals surface area contributed by atoms with Crippen molar-refractivity contribution >= 4 is 21.9 Å². The third kappa shape index (κ3) is 3.94. The molecular weight excluding hydrogens is 312 g/mol. The van der Waals surface area contributed by atoms with Crippen molar-refractivity contribution in [1.29, 1.82) is 0 Å². The van der Waals surface area contributed by atoms with Crippen LogP contribution in [0.2, 0.25) is 0 Å². The van der Waals surface area contributed by atoms with Crippen LogP contribution in [0.4, 0.5) is 0 Å². The van der Waals surface area contributed by atoms with Crippen LogP contribution in [0.1, 0.15) is 31.4 Å². The minimum Gasteiger partial charge on any atom is -0.492 e. The van der Waals surface area contributed by atoms with Crippen LogP contribution in [0.3, 0.4) is 0 Å². The van der Waals surface area contributed by atoms with Gasteiger partial charge in [-0.3, -0.25) is 0 Å². The van der Waals surface area contributed by atoms with Crippen molar-refractivity contribution in [3.63, 3.8) is 0 Å². The number of aliphatic hydroxyl groups excluding tert-OH is 1. The number of halogens is 1. The van der Waals surface area contributed by atoms with E-state index < -0.39 is 12.1 Å². The number of esters is 1. The number of hydrogen-bond donors (Lipinski definition) is 1. The van der Waals surface area contributed by atoms with E-state index in [1.165, 1.54) is 12.8 Å². The first-order chi connectivity index (χ1) is 9.11. The van der Waals surface area contributed by atoms with Crippen molar-refractivity contribution in [2.45, 2.75) is 25.9 Å². The third-order valence-corrected chi connectivity index (χ3v) is 3.61. The molecule has 1 aliphatic rings. The highest BCUT2D eigenvalue weighted by Crippen LogP contribution is 2.33. The molecule has 0 aliphatic heterocycles. The normalized spacial score (nSPS) is 15.9. The summed E-state index contributed by atoms with van der Waals surface area (Å²) in [5, 5.41) is 9.88. The van der Waals surface area contributed by atoms with Gasteiger partial charge in [0.1, 0.15) is 5.75 Å². The molecule has 1 atom stereocenters. The number of hydrogen-bond acceptors (Lipinski definition) is 4. The molecule has 1 unspecified atom stereocenters. The summed E-state index contributed by atoms with van der Waals surface area (Å²) >= 11 is 3.40. The van der Waals surface area contributed by atoms with Gasteiger partial charge < -0.3 is 14.6 Å². The highest BCUT2D eigenvalue weighted by Gasteiger charge is 2.23. The Morgan fingerprint density at radius 2 is 2.26 bits per heavy atom. The summed E-state index contributed by atoms with van der Waals surface area (Å²) in [4.78, 5) is 11.5. The topological polar surface area (TPSA) is 55.8 Å². The van der Waals surface area contributed by atoms with E-state index in [0.29, 0.717) is 23.8 Å². The van der Waals surface area contributed by atoms with E-state index in [1.54, 1.807) is 25.1 Å². The van der Waals surface area contributed by atoms with Crippen LogP contribution in [0.15, 0.2) is 22.7 Å². The summed E-state index contributed by atoms with van der Waals surface area (Å²) in [6, 6.07) is 5.11. The molecule has 1 aromatic carbocycles. The lowest BCUT2D eigenvalue weighted by atomic mass is 10.1. The van der Waals surface area contributed by atoms with E-state index in [2.05, 4.69) is 15.9 Å². The van der Waals surface area contributed by atoms with E-state index in [4.69, 9.17) is 9.47 Å². The highest BCUT2D eigenvalue weighted by atomic mass is 79.9. The van der Waals surface area contributed by atoms with Crippen LogP contribution in [0.25, 0.3) is 0 Å². The van der Waals surface area contributed by atoms with Crippen molar-refractivity contribution in [3.8, 4) is 5.75 Å². The molecule has 1 aromatic rings. The van der Waals surface area contributed by atoms with Gasteiger partial charge in [-0.1, -0.05) is 6.07 Å². The lowest BCUT2D eigenvalue weighted by Crippen LogP contribution is -2.15. The first kappa shape index (κ1) is 14.3. The summed E-state index contributed by atoms with van der Waals surface area (Å²) in [6.07, 6.45) is 1.15. The quantitative estimate of drug-likeness (QED) is 0.816. The van der Waals surface area contributed by atoms with E-state index in [1.807, 2.05) is 0 Å². The smallest absolute Gasteiger partial charge is 0.339 e. The van der Waals surface area contributed by atoms with Crippen LogP contribution in [0.5, 0.6) is 5.75 Å². The summed E-state index contributed by atoms with van der Waals surface area (Å²) in [5.74, 6) is 0.649. The molecule has 0 amide bonds. The fourth-order valence-corrected chi connectivity index (χ4v) is 2.01. The van der Waals surface area contributed by atoms with Crippen molar-refractivity contribution in [1.82, 2.24) is 0 Å². The average molecular weight is 329 g/mol. The maximum Gasteiger partial charge on any atom is 0.339 e. The van der Waals surface area contributed by atoms with Gasteiger partial charge in [-0.15, -0.1) is 0 Å². The predicted octanol–water partition coefficient (Wildman–Crippen LogP) is 2.83. The van der Waals surface area contributed by atoms with E-state index in [-0.39, 0.29) is 6.61 Å². The van der Waals surface area contributed by atoms with Gasteiger partial charge in [-0.05, 0) is 59.3 Å². The number of carbonyl (C=O) groups is 1. The number of ether oxygens (including phenoxy) is 2. The Balaban J connectivity index is 2.07. The van der Waals surface area contributed by atoms with Crippen LogP contribution in [0, 0.1) is 5.92 Å². The zero-order valence-corrected chi connectivity index (χ0v) is 12.4. The van der Waals surface area contributed by atoms with Crippen molar-refractivity contribution in [2.24, 2.45) is 5.92 Å². The first-order valence-corrected chi connectivity index (χ1v) is 7.18. The number of aliphatic hydroxyl groups is 1. The molecule has 0 spiro atoms. The van der Waals surface area contributed by atoms with Gasteiger partial charge in [0, 0.05) is 0 Å². The van der Waals surface area contributed by atoms with Gasteiger partial charge >= 0.3 is 5.97 Å². The Kier molecular flexibility index (Phi) is 4.82. The van der Waals surface area contributed by atoms with Crippen LogP contribution in [-0.2, 0) is 9.53 Å². The molecular formula is C14H17BrO4. The van der Waals surface area contributed by atoms with E-state index in [0.717, 1.165) is 4.47 Å². The molecule has 0 saturated heterocycles. The molecule has 19 heavy (non-hydrogen) atoms. The molecule has 1 saturated carbocycles. The fraction of sp³-hybridized carbons (Fsp3) is 0.500. The molecule has 0 radical (unpaired) electrons. The second-order valence-electron chi connectivity index (χ2n) is 4.60. The van der Waals surface area contributed by atoms with Gasteiger partial charge in [-0.2, -0.15) is 0 Å². The average Bonchev–Trinajstić information content (AvgIpc) is 3.21. The summed E-state index contributed by atoms with van der Waals surface area (Å²) in [7, 11) is 0. The van der Waals surface area contributed by atoms with Crippen molar-refractivity contribution in [3.05, 3.63) is 28.2 Å². The largest absolute Gasteiger partial charge is 0.492 e. The molecule has 0 bridgehead atoms. The Morgan fingerprint density at radius 3 is 2.89 bits per heavy atom. The lowest BCUT2D eigenvalue weighted by molar-refractivity contribution is -0.153. The molecule has 1 aliphatic carbocycles. The van der Waals surface area contributed by atoms with Gasteiger partial charge in [0.05, 0.1) is 17.7 Å². The summed E-state index contributed by atoms with van der Waals surface area (Å²) in [5.41, 5.74) is 0.479. The zero-order valence-electron chi connectivity index (χ0n) is 10.8. The van der Waals surface area contributed by atoms with Crippen molar-refractivity contribution in [2.75, 3.05) is 13.2 Å². The third-order valence-electron chi connectivity index (χ3n) is 2.95. The van der Waals surface area contributed by atoms with Gasteiger partial charge in [-0.25, -0.2) is 4.79 Å². The molecule has 2 rings (SSSR count). The van der Waals surface area contributed by atoms with Crippen LogP contribution < -0.4 is 4.74 Å². The van der Waals surface area contributed by atoms with Gasteiger partial charge in [0.25, 0.3) is 0 Å². The fourth-order valence-electron chi connectivity index (χ4n) is 1.65. The predicted molar refractivity (Wildman–Crippen MR) is 74.0 cm³/mol. The van der Waals surface area contributed by atoms with Crippen LogP contribution >= 0.6 is 15.9 Å². The standard InChI is InChI=1S/C14H17BrO4/c1-2-18-14(17)13(16)10-5-6-11(15)12(7-10)19-8-9-3-4-9/h5-7,9,13,16H,2-4,8H2,1H3. The summed E-state index contributed by atoms with van der Waals surface area (Å²) in [6.45, 7) is 2.63. The zero-order chi connectivity index (χ0) is 13.8. The Bertz CT molecular complexity index is 457. The van der Waals surface area contributed by atoms with E-state index >= 15 is 0 Å². The lowest BCUT2D eigenvalue weighted by Gasteiger charge is -2.13. The Morgan fingerprint density at radius 1 is 1.53 bits per heavy atom. The molecule has 104 valence electrons. The number of carbonyl (C=O) groups excluding carboxylic acids is 1. The van der Waals surface area contributed by atoms with Crippen LogP contribution in [-0.4, -0.2) is 24.3 Å². The second-order valence-corrected chi connectivity index (χ2v) is 5.45.